The van der Waals surface area contributed by atoms with E-state index >= 15 is 0 Å². The predicted molar refractivity (Wildman–Crippen MR) is 90.8 cm³/mol. The number of benzene rings is 1. The zero-order valence-corrected chi connectivity index (χ0v) is 14.6. The van der Waals surface area contributed by atoms with Crippen LogP contribution in [0.1, 0.15) is 28.9 Å². The first-order valence-electron chi connectivity index (χ1n) is 7.67. The van der Waals surface area contributed by atoms with Crippen molar-refractivity contribution >= 4 is 10.0 Å². The van der Waals surface area contributed by atoms with Gasteiger partial charge in [0.2, 0.25) is 10.0 Å². The van der Waals surface area contributed by atoms with Crippen LogP contribution in [0.4, 0.5) is 0 Å². The first kappa shape index (κ1) is 17.7. The van der Waals surface area contributed by atoms with Gasteiger partial charge in [-0.25, -0.2) is 13.1 Å². The fourth-order valence-corrected chi connectivity index (χ4v) is 3.34. The summed E-state index contributed by atoms with van der Waals surface area (Å²) >= 11 is 0. The Morgan fingerprint density at radius 2 is 1.78 bits per heavy atom. The third-order valence-electron chi connectivity index (χ3n) is 3.74. The second kappa shape index (κ2) is 7.72. The molecule has 1 heterocycles. The molecule has 0 saturated heterocycles. The fourth-order valence-electron chi connectivity index (χ4n) is 2.27. The Morgan fingerprint density at radius 3 is 2.39 bits per heavy atom. The lowest BCUT2D eigenvalue weighted by Gasteiger charge is -2.08. The number of nitrogens with one attached hydrogen (secondary N) is 3. The van der Waals surface area contributed by atoms with Crippen molar-refractivity contribution in [2.75, 3.05) is 13.1 Å². The maximum Gasteiger partial charge on any atom is 0.240 e. The highest BCUT2D eigenvalue weighted by Gasteiger charge is 2.12. The van der Waals surface area contributed by atoms with Crippen LogP contribution in [0.15, 0.2) is 29.2 Å². The molecule has 0 spiro atoms. The van der Waals surface area contributed by atoms with Gasteiger partial charge in [0.15, 0.2) is 0 Å². The molecule has 0 atom stereocenters. The van der Waals surface area contributed by atoms with Crippen molar-refractivity contribution in [3.8, 4) is 0 Å². The van der Waals surface area contributed by atoms with E-state index in [4.69, 9.17) is 0 Å². The Labute approximate surface area is 137 Å². The first-order chi connectivity index (χ1) is 10.9. The van der Waals surface area contributed by atoms with Gasteiger partial charge in [-0.3, -0.25) is 5.10 Å². The number of aromatic nitrogens is 2. The number of rotatable bonds is 8. The number of hydrogen-bond acceptors (Lipinski definition) is 4. The van der Waals surface area contributed by atoms with E-state index in [1.807, 2.05) is 20.8 Å². The van der Waals surface area contributed by atoms with E-state index in [0.717, 1.165) is 36.5 Å². The van der Waals surface area contributed by atoms with E-state index in [0.29, 0.717) is 11.4 Å². The maximum atomic E-state index is 12.1. The number of nitrogens with zero attached hydrogens (tertiary/aromatic N) is 1. The largest absolute Gasteiger partial charge is 0.312 e. The van der Waals surface area contributed by atoms with Gasteiger partial charge in [-0.15, -0.1) is 0 Å². The average molecular weight is 336 g/mol. The molecule has 126 valence electrons. The molecule has 3 N–H and O–H groups in total. The topological polar surface area (TPSA) is 86.9 Å². The monoisotopic (exact) mass is 336 g/mol. The highest BCUT2D eigenvalue weighted by molar-refractivity contribution is 7.89. The third-order valence-corrected chi connectivity index (χ3v) is 5.21. The molecule has 2 aromatic rings. The molecule has 6 nitrogen and oxygen atoms in total. The van der Waals surface area contributed by atoms with Crippen LogP contribution in [0.5, 0.6) is 0 Å². The number of H-pyrrole nitrogens is 1. The van der Waals surface area contributed by atoms with Crippen LogP contribution in [-0.4, -0.2) is 31.7 Å². The van der Waals surface area contributed by atoms with Gasteiger partial charge in [-0.05, 0) is 45.9 Å². The van der Waals surface area contributed by atoms with Gasteiger partial charge in [0.1, 0.15) is 0 Å². The lowest BCUT2D eigenvalue weighted by molar-refractivity contribution is 0.573. The normalized spacial score (nSPS) is 11.8. The zero-order valence-electron chi connectivity index (χ0n) is 13.8. The Hall–Kier alpha value is -1.70. The minimum absolute atomic E-state index is 0.306. The Kier molecular flexibility index (Phi) is 5.92. The van der Waals surface area contributed by atoms with Crippen LogP contribution in [-0.2, 0) is 16.6 Å². The Morgan fingerprint density at radius 1 is 1.09 bits per heavy atom. The van der Waals surface area contributed by atoms with Gasteiger partial charge in [0.25, 0.3) is 0 Å². The molecular formula is C16H24N4O2S. The van der Waals surface area contributed by atoms with Crippen molar-refractivity contribution in [1.82, 2.24) is 20.2 Å². The predicted octanol–water partition coefficient (Wildman–Crippen LogP) is 1.79. The lowest BCUT2D eigenvalue weighted by atomic mass is 10.2. The van der Waals surface area contributed by atoms with Crippen LogP contribution in [0.2, 0.25) is 0 Å². The highest BCUT2D eigenvalue weighted by Crippen LogP contribution is 2.10. The van der Waals surface area contributed by atoms with Gasteiger partial charge in [0.05, 0.1) is 10.6 Å². The molecule has 0 unspecified atom stereocenters. The summed E-state index contributed by atoms with van der Waals surface area (Å²) in [4.78, 5) is 0.306. The van der Waals surface area contributed by atoms with Crippen LogP contribution in [0.25, 0.3) is 0 Å². The van der Waals surface area contributed by atoms with E-state index in [1.54, 1.807) is 24.3 Å². The number of sulfonamides is 1. The van der Waals surface area contributed by atoms with Gasteiger partial charge >= 0.3 is 0 Å². The molecular weight excluding hydrogens is 312 g/mol. The smallest absolute Gasteiger partial charge is 0.240 e. The summed E-state index contributed by atoms with van der Waals surface area (Å²) in [6, 6.07) is 6.85. The molecule has 2 rings (SSSR count). The number of hydrogen-bond donors (Lipinski definition) is 3. The van der Waals surface area contributed by atoms with Crippen molar-refractivity contribution in [3.63, 3.8) is 0 Å². The molecule has 0 fully saturated rings. The van der Waals surface area contributed by atoms with Crippen LogP contribution < -0.4 is 10.0 Å². The maximum absolute atomic E-state index is 12.1. The molecule has 1 aromatic heterocycles. The van der Waals surface area contributed by atoms with Gasteiger partial charge in [0, 0.05) is 24.3 Å². The summed E-state index contributed by atoms with van der Waals surface area (Å²) in [5.74, 6) is 0. The second-order valence-corrected chi connectivity index (χ2v) is 7.42. The minimum Gasteiger partial charge on any atom is -0.312 e. The zero-order chi connectivity index (χ0) is 16.9. The van der Waals surface area contributed by atoms with Gasteiger partial charge in [-0.2, -0.15) is 5.10 Å². The van der Waals surface area contributed by atoms with E-state index in [1.165, 1.54) is 5.56 Å². The molecule has 0 bridgehead atoms. The molecule has 0 aliphatic heterocycles. The van der Waals surface area contributed by atoms with Gasteiger partial charge < -0.3 is 5.32 Å². The lowest BCUT2D eigenvalue weighted by Crippen LogP contribution is -2.27. The SMILES string of the molecule is Cc1ccc(S(=O)(=O)NCCCNCc2c(C)n[nH]c2C)cc1. The Balaban J connectivity index is 1.72. The molecule has 23 heavy (non-hydrogen) atoms. The van der Waals surface area contributed by atoms with E-state index in [9.17, 15) is 8.42 Å². The summed E-state index contributed by atoms with van der Waals surface area (Å²) in [6.45, 7) is 7.77. The van der Waals surface area contributed by atoms with Crippen molar-refractivity contribution in [1.29, 1.82) is 0 Å². The number of aryl methyl sites for hydroxylation is 3. The average Bonchev–Trinajstić information content (AvgIpc) is 2.82. The van der Waals surface area contributed by atoms with Gasteiger partial charge in [-0.1, -0.05) is 17.7 Å². The van der Waals surface area contributed by atoms with Crippen molar-refractivity contribution in [2.45, 2.75) is 38.6 Å². The molecule has 7 heteroatoms. The van der Waals surface area contributed by atoms with Crippen molar-refractivity contribution in [3.05, 3.63) is 46.8 Å². The summed E-state index contributed by atoms with van der Waals surface area (Å²) < 4.78 is 26.8. The summed E-state index contributed by atoms with van der Waals surface area (Å²) in [7, 11) is -3.41. The second-order valence-electron chi connectivity index (χ2n) is 5.65. The summed E-state index contributed by atoms with van der Waals surface area (Å²) in [5.41, 5.74) is 4.27. The quantitative estimate of drug-likeness (QED) is 0.642. The fraction of sp³-hybridized carbons (Fsp3) is 0.438. The standard InChI is InChI=1S/C16H24N4O2S/c1-12-5-7-15(8-6-12)23(21,22)18-10-4-9-17-11-16-13(2)19-20-14(16)3/h5-8,17-18H,4,9-11H2,1-3H3,(H,19,20). The molecule has 0 aliphatic rings. The minimum atomic E-state index is -3.41. The Bertz CT molecular complexity index is 716. The van der Waals surface area contributed by atoms with Crippen LogP contribution in [0.3, 0.4) is 0 Å². The highest BCUT2D eigenvalue weighted by atomic mass is 32.2. The third kappa shape index (κ3) is 4.89. The van der Waals surface area contributed by atoms with E-state index in [2.05, 4.69) is 20.2 Å². The molecule has 1 aromatic carbocycles. The van der Waals surface area contributed by atoms with Crippen molar-refractivity contribution < 1.29 is 8.42 Å². The molecule has 0 saturated carbocycles. The summed E-state index contributed by atoms with van der Waals surface area (Å²) in [5, 5.41) is 10.4. The van der Waals surface area contributed by atoms with E-state index < -0.39 is 10.0 Å². The van der Waals surface area contributed by atoms with Crippen LogP contribution in [0, 0.1) is 20.8 Å². The summed E-state index contributed by atoms with van der Waals surface area (Å²) in [6.07, 6.45) is 0.723. The first-order valence-corrected chi connectivity index (χ1v) is 9.16. The van der Waals surface area contributed by atoms with Crippen LogP contribution >= 0.6 is 0 Å². The molecule has 0 aliphatic carbocycles. The number of aromatic amines is 1. The van der Waals surface area contributed by atoms with E-state index in [-0.39, 0.29) is 0 Å². The molecule has 0 radical (unpaired) electrons. The molecule has 0 amide bonds. The van der Waals surface area contributed by atoms with Crippen molar-refractivity contribution in [2.24, 2.45) is 0 Å².